The Morgan fingerprint density at radius 1 is 1.19 bits per heavy atom. The van der Waals surface area contributed by atoms with Crippen molar-refractivity contribution in [2.24, 2.45) is 0 Å². The summed E-state index contributed by atoms with van der Waals surface area (Å²) in [6.07, 6.45) is 3.76. The topological polar surface area (TPSA) is 73.3 Å². The van der Waals surface area contributed by atoms with E-state index in [0.29, 0.717) is 23.6 Å². The lowest BCUT2D eigenvalue weighted by Gasteiger charge is -2.27. The number of halogens is 1. The first-order chi connectivity index (χ1) is 15.6. The molecule has 1 fully saturated rings. The van der Waals surface area contributed by atoms with Crippen LogP contribution in [0.25, 0.3) is 11.3 Å². The largest absolute Gasteiger partial charge is 0.506 e. The van der Waals surface area contributed by atoms with Gasteiger partial charge < -0.3 is 15.7 Å². The van der Waals surface area contributed by atoms with E-state index in [1.165, 1.54) is 12.0 Å². The van der Waals surface area contributed by atoms with Crippen LogP contribution in [0.1, 0.15) is 24.5 Å². The Morgan fingerprint density at radius 2 is 2.09 bits per heavy atom. The summed E-state index contributed by atoms with van der Waals surface area (Å²) in [5.41, 5.74) is 4.34. The van der Waals surface area contributed by atoms with Crippen LogP contribution in [0.2, 0.25) is 5.02 Å². The van der Waals surface area contributed by atoms with Gasteiger partial charge in [0.15, 0.2) is 0 Å². The normalized spacial score (nSPS) is 15.9. The second-order valence-corrected chi connectivity index (χ2v) is 8.55. The van der Waals surface area contributed by atoms with Crippen LogP contribution in [0.4, 0.5) is 5.95 Å². The minimum absolute atomic E-state index is 0.101. The Hall–Kier alpha value is -2.67. The van der Waals surface area contributed by atoms with E-state index in [0.717, 1.165) is 49.4 Å². The fourth-order valence-corrected chi connectivity index (χ4v) is 4.35. The lowest BCUT2D eigenvalue weighted by Crippen LogP contribution is -2.36. The number of nitrogens with zero attached hydrogens (tertiary/aromatic N) is 3. The van der Waals surface area contributed by atoms with Crippen LogP contribution in [0.5, 0.6) is 5.75 Å². The van der Waals surface area contributed by atoms with Crippen LogP contribution < -0.4 is 10.6 Å². The molecule has 0 spiro atoms. The molecule has 168 valence electrons. The summed E-state index contributed by atoms with van der Waals surface area (Å²) in [6, 6.07) is 16.5. The van der Waals surface area contributed by atoms with Crippen molar-refractivity contribution in [3.63, 3.8) is 0 Å². The Labute approximate surface area is 194 Å². The molecule has 1 aromatic heterocycles. The van der Waals surface area contributed by atoms with E-state index < -0.39 is 0 Å². The van der Waals surface area contributed by atoms with Crippen LogP contribution in [-0.2, 0) is 13.0 Å². The van der Waals surface area contributed by atoms with Gasteiger partial charge in [0.1, 0.15) is 5.75 Å². The van der Waals surface area contributed by atoms with Gasteiger partial charge in [0.05, 0.1) is 10.7 Å². The second-order valence-electron chi connectivity index (χ2n) is 8.14. The number of phenols is 1. The van der Waals surface area contributed by atoms with Crippen LogP contribution in [0.15, 0.2) is 54.7 Å². The van der Waals surface area contributed by atoms with Crippen molar-refractivity contribution in [2.75, 3.05) is 31.5 Å². The van der Waals surface area contributed by atoms with E-state index in [-0.39, 0.29) is 5.75 Å². The molecule has 3 aromatic rings. The minimum Gasteiger partial charge on any atom is -0.506 e. The van der Waals surface area contributed by atoms with Crippen molar-refractivity contribution in [3.8, 4) is 17.0 Å². The molecule has 1 aliphatic heterocycles. The highest BCUT2D eigenvalue weighted by Crippen LogP contribution is 2.24. The zero-order chi connectivity index (χ0) is 22.3. The molecule has 0 amide bonds. The summed E-state index contributed by atoms with van der Waals surface area (Å²) in [4.78, 5) is 11.6. The van der Waals surface area contributed by atoms with E-state index in [9.17, 15) is 5.11 Å². The van der Waals surface area contributed by atoms with Crippen molar-refractivity contribution in [3.05, 3.63) is 70.9 Å². The monoisotopic (exact) mass is 451 g/mol. The zero-order valence-corrected chi connectivity index (χ0v) is 19.1. The van der Waals surface area contributed by atoms with Gasteiger partial charge >= 0.3 is 0 Å². The fraction of sp³-hybridized carbons (Fsp3) is 0.360. The highest BCUT2D eigenvalue weighted by Gasteiger charge is 2.21. The van der Waals surface area contributed by atoms with E-state index >= 15 is 0 Å². The summed E-state index contributed by atoms with van der Waals surface area (Å²) < 4.78 is 0. The number of anilines is 1. The van der Waals surface area contributed by atoms with Crippen molar-refractivity contribution < 1.29 is 5.11 Å². The summed E-state index contributed by atoms with van der Waals surface area (Å²) in [7, 11) is 0. The second kappa shape index (κ2) is 10.8. The molecule has 1 unspecified atom stereocenters. The molecule has 0 saturated carbocycles. The molecule has 3 N–H and O–H groups in total. The predicted octanol–water partition coefficient (Wildman–Crippen LogP) is 4.34. The van der Waals surface area contributed by atoms with Gasteiger partial charge in [-0.1, -0.05) is 42.8 Å². The summed E-state index contributed by atoms with van der Waals surface area (Å²) >= 11 is 5.99. The first kappa shape index (κ1) is 22.5. The third-order valence-electron chi connectivity index (χ3n) is 5.93. The number of aromatic hydroxyl groups is 1. The van der Waals surface area contributed by atoms with Crippen LogP contribution in [0, 0.1) is 0 Å². The van der Waals surface area contributed by atoms with Crippen molar-refractivity contribution in [2.45, 2.75) is 32.4 Å². The number of nitrogens with one attached hydrogen (secondary N) is 2. The molecule has 32 heavy (non-hydrogen) atoms. The molecule has 7 heteroatoms. The van der Waals surface area contributed by atoms with Crippen LogP contribution >= 0.6 is 11.6 Å². The van der Waals surface area contributed by atoms with E-state index in [2.05, 4.69) is 51.7 Å². The molecule has 4 rings (SSSR count). The van der Waals surface area contributed by atoms with Gasteiger partial charge in [-0.15, -0.1) is 0 Å². The number of rotatable bonds is 9. The number of benzene rings is 2. The highest BCUT2D eigenvalue weighted by molar-refractivity contribution is 6.32. The molecule has 1 aliphatic rings. The Bertz CT molecular complexity index is 1040. The smallest absolute Gasteiger partial charge is 0.223 e. The lowest BCUT2D eigenvalue weighted by molar-refractivity contribution is 0.210. The van der Waals surface area contributed by atoms with E-state index in [1.54, 1.807) is 18.3 Å². The lowest BCUT2D eigenvalue weighted by atomic mass is 10.1. The molecule has 6 nitrogen and oxygen atoms in total. The van der Waals surface area contributed by atoms with E-state index in [1.807, 2.05) is 12.1 Å². The molecule has 1 atom stereocenters. The van der Waals surface area contributed by atoms with Crippen LogP contribution in [-0.4, -0.2) is 52.2 Å². The molecular weight excluding hydrogens is 422 g/mol. The Morgan fingerprint density at radius 3 is 2.88 bits per heavy atom. The molecule has 0 aliphatic carbocycles. The van der Waals surface area contributed by atoms with Gasteiger partial charge in [0, 0.05) is 37.4 Å². The molecular formula is C25H30ClN5O. The van der Waals surface area contributed by atoms with Gasteiger partial charge in [0.2, 0.25) is 5.95 Å². The summed E-state index contributed by atoms with van der Waals surface area (Å²) in [5, 5.41) is 16.7. The predicted molar refractivity (Wildman–Crippen MR) is 130 cm³/mol. The van der Waals surface area contributed by atoms with Gasteiger partial charge in [0.25, 0.3) is 0 Å². The number of hydrogen-bond acceptors (Lipinski definition) is 6. The quantitative estimate of drug-likeness (QED) is 0.449. The van der Waals surface area contributed by atoms with Crippen molar-refractivity contribution in [1.29, 1.82) is 0 Å². The molecule has 1 saturated heterocycles. The maximum absolute atomic E-state index is 9.55. The average molecular weight is 452 g/mol. The Balaban J connectivity index is 1.40. The summed E-state index contributed by atoms with van der Waals surface area (Å²) in [6.45, 7) is 7.08. The van der Waals surface area contributed by atoms with Gasteiger partial charge in [-0.25, -0.2) is 9.97 Å². The van der Waals surface area contributed by atoms with Crippen LogP contribution in [0.3, 0.4) is 0 Å². The standard InChI is InChI=1S/C25H30ClN5O/c1-2-31(21-9-11-27-16-21)17-19-4-3-5-20(14-19)23-10-13-29-25(30-23)28-12-8-18-6-7-24(32)22(26)15-18/h3-7,10,13-15,21,27,32H,2,8-9,11-12,16-17H2,1H3,(H,28,29,30). The van der Waals surface area contributed by atoms with Gasteiger partial charge in [-0.3, -0.25) is 4.90 Å². The third-order valence-corrected chi connectivity index (χ3v) is 6.23. The maximum atomic E-state index is 9.55. The molecule has 0 bridgehead atoms. The number of aromatic nitrogens is 2. The Kier molecular flexibility index (Phi) is 7.58. The first-order valence-corrected chi connectivity index (χ1v) is 11.6. The number of phenolic OH excluding ortho intramolecular Hbond substituents is 1. The van der Waals surface area contributed by atoms with Gasteiger partial charge in [-0.05, 0) is 61.3 Å². The molecule has 2 aromatic carbocycles. The summed E-state index contributed by atoms with van der Waals surface area (Å²) in [5.74, 6) is 0.702. The van der Waals surface area contributed by atoms with Gasteiger partial charge in [-0.2, -0.15) is 0 Å². The SMILES string of the molecule is CCN(Cc1cccc(-c2ccnc(NCCc3ccc(O)c(Cl)c3)n2)c1)C1CCNC1. The third kappa shape index (κ3) is 5.76. The fourth-order valence-electron chi connectivity index (χ4n) is 4.14. The minimum atomic E-state index is 0.101. The highest BCUT2D eigenvalue weighted by atomic mass is 35.5. The maximum Gasteiger partial charge on any atom is 0.223 e. The van der Waals surface area contributed by atoms with E-state index in [4.69, 9.17) is 16.6 Å². The average Bonchev–Trinajstić information content (AvgIpc) is 3.35. The zero-order valence-electron chi connectivity index (χ0n) is 18.4. The number of likely N-dealkylation sites (N-methyl/N-ethyl adjacent to an activating group) is 1. The van der Waals surface area contributed by atoms with Crippen molar-refractivity contribution >= 4 is 17.5 Å². The first-order valence-electron chi connectivity index (χ1n) is 11.2. The number of hydrogen-bond donors (Lipinski definition) is 3. The van der Waals surface area contributed by atoms with Crippen molar-refractivity contribution in [1.82, 2.24) is 20.2 Å². The molecule has 0 radical (unpaired) electrons. The molecule has 2 heterocycles.